The number of hydrogen-bond acceptors (Lipinski definition) is 1. The topological polar surface area (TPSA) is 28.7 Å². The van der Waals surface area contributed by atoms with Crippen molar-refractivity contribution in [1.82, 2.24) is 4.57 Å². The summed E-state index contributed by atoms with van der Waals surface area (Å²) in [6.07, 6.45) is 2.01. The van der Waals surface area contributed by atoms with Crippen LogP contribution in [-0.2, 0) is 13.5 Å². The Balaban J connectivity index is 2.64. The van der Waals surface area contributed by atoms with Gasteiger partial charge in [-0.3, -0.25) is 0 Å². The van der Waals surface area contributed by atoms with Gasteiger partial charge in [-0.2, -0.15) is 5.26 Å². The molecule has 0 amide bonds. The molecule has 0 saturated heterocycles. The maximum Gasteiger partial charge on any atom is 0.124 e. The summed E-state index contributed by atoms with van der Waals surface area (Å²) in [6, 6.07) is 10.5. The molecule has 0 aliphatic carbocycles. The molecule has 0 aliphatic heterocycles. The average Bonchev–Trinajstić information content (AvgIpc) is 2.60. The van der Waals surface area contributed by atoms with Crippen LogP contribution >= 0.6 is 15.9 Å². The van der Waals surface area contributed by atoms with Crippen molar-refractivity contribution in [2.75, 3.05) is 5.33 Å². The van der Waals surface area contributed by atoms with Crippen LogP contribution in [0.5, 0.6) is 0 Å². The first-order valence-corrected chi connectivity index (χ1v) is 6.44. The number of nitrogens with zero attached hydrogens (tertiary/aromatic N) is 2. The Bertz CT molecular complexity index is 549. The fourth-order valence-electron chi connectivity index (χ4n) is 2.11. The van der Waals surface area contributed by atoms with E-state index in [1.165, 1.54) is 10.9 Å². The lowest BCUT2D eigenvalue weighted by Crippen LogP contribution is -1.94. The molecule has 0 fully saturated rings. The van der Waals surface area contributed by atoms with Crippen LogP contribution in [0.4, 0.5) is 0 Å². The van der Waals surface area contributed by atoms with Gasteiger partial charge in [-0.25, -0.2) is 0 Å². The number of benzene rings is 1. The Labute approximate surface area is 104 Å². The highest BCUT2D eigenvalue weighted by Gasteiger charge is 2.13. The van der Waals surface area contributed by atoms with Crippen LogP contribution in [0.15, 0.2) is 24.3 Å². The molecule has 16 heavy (non-hydrogen) atoms. The van der Waals surface area contributed by atoms with Crippen molar-refractivity contribution >= 4 is 26.8 Å². The largest absolute Gasteiger partial charge is 0.335 e. The van der Waals surface area contributed by atoms with Crippen molar-refractivity contribution in [2.24, 2.45) is 7.05 Å². The van der Waals surface area contributed by atoms with E-state index in [-0.39, 0.29) is 0 Å². The Morgan fingerprint density at radius 2 is 2.12 bits per heavy atom. The first-order chi connectivity index (χ1) is 7.79. The van der Waals surface area contributed by atoms with Crippen molar-refractivity contribution in [2.45, 2.75) is 12.8 Å². The van der Waals surface area contributed by atoms with Crippen LogP contribution in [0, 0.1) is 11.3 Å². The normalized spacial score (nSPS) is 10.6. The summed E-state index contributed by atoms with van der Waals surface area (Å²) in [4.78, 5) is 0. The molecule has 2 rings (SSSR count). The molecule has 0 saturated carbocycles. The monoisotopic (exact) mass is 276 g/mol. The Hall–Kier alpha value is -1.27. The van der Waals surface area contributed by atoms with Crippen LogP contribution < -0.4 is 0 Å². The van der Waals surface area contributed by atoms with E-state index in [2.05, 4.69) is 34.1 Å². The summed E-state index contributed by atoms with van der Waals surface area (Å²) < 4.78 is 1.99. The van der Waals surface area contributed by atoms with Crippen molar-refractivity contribution in [3.8, 4) is 6.07 Å². The van der Waals surface area contributed by atoms with E-state index in [4.69, 9.17) is 0 Å². The number of nitriles is 1. The number of aromatic nitrogens is 1. The van der Waals surface area contributed by atoms with Crippen LogP contribution in [0.2, 0.25) is 0 Å². The van der Waals surface area contributed by atoms with Crippen LogP contribution in [0.1, 0.15) is 17.7 Å². The van der Waals surface area contributed by atoms with Gasteiger partial charge in [-0.05, 0) is 24.5 Å². The second kappa shape index (κ2) is 4.71. The third kappa shape index (κ3) is 1.74. The van der Waals surface area contributed by atoms with Gasteiger partial charge in [0.2, 0.25) is 0 Å². The van der Waals surface area contributed by atoms with E-state index in [0.717, 1.165) is 29.4 Å². The molecule has 0 aliphatic rings. The molecule has 2 aromatic rings. The van der Waals surface area contributed by atoms with Gasteiger partial charge in [0.05, 0.1) is 0 Å². The fourth-order valence-corrected chi connectivity index (χ4v) is 2.39. The first-order valence-electron chi connectivity index (χ1n) is 5.32. The molecule has 0 N–H and O–H groups in total. The van der Waals surface area contributed by atoms with Gasteiger partial charge in [0, 0.05) is 23.3 Å². The number of rotatable bonds is 3. The summed E-state index contributed by atoms with van der Waals surface area (Å²) in [6.45, 7) is 0. The van der Waals surface area contributed by atoms with Crippen LogP contribution in [0.3, 0.4) is 0 Å². The van der Waals surface area contributed by atoms with Gasteiger partial charge in [-0.1, -0.05) is 34.1 Å². The highest BCUT2D eigenvalue weighted by Crippen LogP contribution is 2.26. The van der Waals surface area contributed by atoms with Gasteiger partial charge in [0.25, 0.3) is 0 Å². The zero-order valence-electron chi connectivity index (χ0n) is 9.20. The lowest BCUT2D eigenvalue weighted by atomic mass is 10.1. The minimum atomic E-state index is 0.794. The predicted molar refractivity (Wildman–Crippen MR) is 69.7 cm³/mol. The molecule has 1 aromatic heterocycles. The Morgan fingerprint density at radius 3 is 2.81 bits per heavy atom. The van der Waals surface area contributed by atoms with Crippen LogP contribution in [0.25, 0.3) is 10.9 Å². The quantitative estimate of drug-likeness (QED) is 0.791. The minimum absolute atomic E-state index is 0.794. The molecule has 0 bridgehead atoms. The van der Waals surface area contributed by atoms with E-state index in [1.54, 1.807) is 0 Å². The molecule has 2 nitrogen and oxygen atoms in total. The standard InChI is InChI=1S/C13H13BrN2/c1-16-12-7-3-2-5-10(12)11(6-4-8-14)13(16)9-15/h2-3,5,7H,4,6,8H2,1H3. The molecule has 0 spiro atoms. The Morgan fingerprint density at radius 1 is 1.38 bits per heavy atom. The van der Waals surface area contributed by atoms with Gasteiger partial charge < -0.3 is 4.57 Å². The fraction of sp³-hybridized carbons (Fsp3) is 0.308. The summed E-state index contributed by atoms with van der Waals surface area (Å²) in [5.41, 5.74) is 3.12. The molecule has 3 heteroatoms. The van der Waals surface area contributed by atoms with Crippen molar-refractivity contribution in [3.05, 3.63) is 35.5 Å². The summed E-state index contributed by atoms with van der Waals surface area (Å²) >= 11 is 3.43. The zero-order valence-corrected chi connectivity index (χ0v) is 10.8. The minimum Gasteiger partial charge on any atom is -0.335 e. The summed E-state index contributed by atoms with van der Waals surface area (Å²) in [5, 5.41) is 11.4. The van der Waals surface area contributed by atoms with Gasteiger partial charge in [0.15, 0.2) is 0 Å². The van der Waals surface area contributed by atoms with Gasteiger partial charge >= 0.3 is 0 Å². The smallest absolute Gasteiger partial charge is 0.124 e. The molecule has 82 valence electrons. The van der Waals surface area contributed by atoms with Gasteiger partial charge in [0.1, 0.15) is 11.8 Å². The molecule has 0 radical (unpaired) electrons. The third-order valence-electron chi connectivity index (χ3n) is 2.88. The predicted octanol–water partition coefficient (Wildman–Crippen LogP) is 3.38. The third-order valence-corrected chi connectivity index (χ3v) is 3.44. The number of fused-ring (bicyclic) bond motifs is 1. The number of hydrogen-bond donors (Lipinski definition) is 0. The molecular formula is C13H13BrN2. The first kappa shape index (κ1) is 11.2. The zero-order chi connectivity index (χ0) is 11.5. The van der Waals surface area contributed by atoms with E-state index in [1.807, 2.05) is 23.7 Å². The number of aryl methyl sites for hydroxylation is 2. The van der Waals surface area contributed by atoms with Crippen molar-refractivity contribution < 1.29 is 0 Å². The highest BCUT2D eigenvalue weighted by molar-refractivity contribution is 9.09. The summed E-state index contributed by atoms with van der Waals surface area (Å²) in [5.74, 6) is 0. The molecule has 1 aromatic carbocycles. The SMILES string of the molecule is Cn1c(C#N)c(CCCBr)c2ccccc21. The molecular weight excluding hydrogens is 264 g/mol. The average molecular weight is 277 g/mol. The van der Waals surface area contributed by atoms with Crippen molar-refractivity contribution in [1.29, 1.82) is 5.26 Å². The lowest BCUT2D eigenvalue weighted by molar-refractivity contribution is 0.896. The maximum atomic E-state index is 9.22. The lowest BCUT2D eigenvalue weighted by Gasteiger charge is -1.98. The van der Waals surface area contributed by atoms with Crippen molar-refractivity contribution in [3.63, 3.8) is 0 Å². The van der Waals surface area contributed by atoms with E-state index in [9.17, 15) is 5.26 Å². The molecule has 0 unspecified atom stereocenters. The molecule has 0 atom stereocenters. The van der Waals surface area contributed by atoms with E-state index < -0.39 is 0 Å². The number of alkyl halides is 1. The Kier molecular flexibility index (Phi) is 3.31. The second-order valence-corrected chi connectivity index (χ2v) is 4.60. The van der Waals surface area contributed by atoms with E-state index in [0.29, 0.717) is 0 Å². The number of halogens is 1. The molecule has 1 heterocycles. The van der Waals surface area contributed by atoms with Crippen LogP contribution in [-0.4, -0.2) is 9.90 Å². The van der Waals surface area contributed by atoms with Gasteiger partial charge in [-0.15, -0.1) is 0 Å². The van der Waals surface area contributed by atoms with E-state index >= 15 is 0 Å². The maximum absolute atomic E-state index is 9.22. The summed E-state index contributed by atoms with van der Waals surface area (Å²) in [7, 11) is 1.96. The number of para-hydroxylation sites is 1. The second-order valence-electron chi connectivity index (χ2n) is 3.81. The highest BCUT2D eigenvalue weighted by atomic mass is 79.9.